The van der Waals surface area contributed by atoms with Crippen molar-refractivity contribution < 1.29 is 18.7 Å². The van der Waals surface area contributed by atoms with E-state index in [0.29, 0.717) is 24.2 Å². The molecular weight excluding hydrogens is 368 g/mol. The van der Waals surface area contributed by atoms with Crippen LogP contribution in [-0.2, 0) is 9.53 Å². The summed E-state index contributed by atoms with van der Waals surface area (Å²) >= 11 is 1.20. The Morgan fingerprint density at radius 2 is 1.85 bits per heavy atom. The summed E-state index contributed by atoms with van der Waals surface area (Å²) in [6.07, 6.45) is 0.281. The van der Waals surface area contributed by atoms with Crippen LogP contribution in [-0.4, -0.2) is 51.5 Å². The Bertz CT molecular complexity index is 611. The molecule has 9 heteroatoms. The summed E-state index contributed by atoms with van der Waals surface area (Å²) in [5.41, 5.74) is -0.593. The third kappa shape index (κ3) is 7.78. The molecule has 154 valence electrons. The van der Waals surface area contributed by atoms with Gasteiger partial charge in [-0.2, -0.15) is 0 Å². The molecule has 1 unspecified atom stereocenters. The van der Waals surface area contributed by atoms with Crippen LogP contribution in [0.1, 0.15) is 66.8 Å². The summed E-state index contributed by atoms with van der Waals surface area (Å²) in [5.74, 6) is 0.646. The first kappa shape index (κ1) is 23.3. The van der Waals surface area contributed by atoms with Gasteiger partial charge in [-0.1, -0.05) is 32.0 Å². The highest BCUT2D eigenvalue weighted by molar-refractivity contribution is 7.99. The SMILES string of the molecule is CCC(C)[C@H](NC(=O)OC(C)(C)C)c1nnc(SCC(=O)N(CC)CC)o1. The number of thioether (sulfide) groups is 1. The highest BCUT2D eigenvalue weighted by atomic mass is 32.2. The van der Waals surface area contributed by atoms with Gasteiger partial charge in [0.05, 0.1) is 5.75 Å². The number of aromatic nitrogens is 2. The van der Waals surface area contributed by atoms with Crippen LogP contribution < -0.4 is 5.32 Å². The van der Waals surface area contributed by atoms with Crippen LogP contribution >= 0.6 is 11.8 Å². The topological polar surface area (TPSA) is 97.6 Å². The number of carbonyl (C=O) groups is 2. The predicted molar refractivity (Wildman–Crippen MR) is 105 cm³/mol. The van der Waals surface area contributed by atoms with Crippen LogP contribution in [0.25, 0.3) is 0 Å². The van der Waals surface area contributed by atoms with Crippen LogP contribution in [0.3, 0.4) is 0 Å². The Balaban J connectivity index is 2.79. The van der Waals surface area contributed by atoms with Gasteiger partial charge in [0, 0.05) is 13.1 Å². The van der Waals surface area contributed by atoms with Crippen molar-refractivity contribution in [2.24, 2.45) is 5.92 Å². The zero-order valence-electron chi connectivity index (χ0n) is 17.4. The molecule has 0 bridgehead atoms. The normalized spacial score (nSPS) is 13.7. The van der Waals surface area contributed by atoms with Crippen molar-refractivity contribution in [3.05, 3.63) is 5.89 Å². The van der Waals surface area contributed by atoms with E-state index in [9.17, 15) is 9.59 Å². The second-order valence-corrected chi connectivity index (χ2v) is 8.20. The molecule has 1 aromatic rings. The molecule has 8 nitrogen and oxygen atoms in total. The van der Waals surface area contributed by atoms with E-state index in [2.05, 4.69) is 15.5 Å². The summed E-state index contributed by atoms with van der Waals surface area (Å²) < 4.78 is 11.0. The summed E-state index contributed by atoms with van der Waals surface area (Å²) in [6, 6.07) is -0.454. The number of alkyl carbamates (subject to hydrolysis) is 1. The van der Waals surface area contributed by atoms with Crippen molar-refractivity contribution in [3.63, 3.8) is 0 Å². The molecule has 0 aliphatic heterocycles. The lowest BCUT2D eigenvalue weighted by atomic mass is 9.99. The smallest absolute Gasteiger partial charge is 0.408 e. The van der Waals surface area contributed by atoms with Crippen LogP contribution in [0.15, 0.2) is 9.64 Å². The maximum Gasteiger partial charge on any atom is 0.408 e. The number of hydrogen-bond acceptors (Lipinski definition) is 7. The maximum atomic E-state index is 12.1. The molecule has 0 aromatic carbocycles. The molecule has 2 atom stereocenters. The standard InChI is InChI=1S/C18H32N4O4S/c1-8-12(4)14(19-16(24)26-18(5,6)7)15-20-21-17(25-15)27-11-13(23)22(9-2)10-3/h12,14H,8-11H2,1-7H3,(H,19,24)/t12?,14-/m0/s1. The van der Waals surface area contributed by atoms with Crippen molar-refractivity contribution >= 4 is 23.8 Å². The molecule has 1 aromatic heterocycles. The number of nitrogens with zero attached hydrogens (tertiary/aromatic N) is 3. The lowest BCUT2D eigenvalue weighted by molar-refractivity contribution is -0.127. The van der Waals surface area contributed by atoms with Crippen LogP contribution in [0.4, 0.5) is 4.79 Å². The molecule has 0 aliphatic carbocycles. The van der Waals surface area contributed by atoms with E-state index in [1.54, 1.807) is 25.7 Å². The van der Waals surface area contributed by atoms with E-state index in [4.69, 9.17) is 9.15 Å². The molecule has 0 saturated heterocycles. The molecule has 0 spiro atoms. The first-order valence-electron chi connectivity index (χ1n) is 9.34. The van der Waals surface area contributed by atoms with Gasteiger partial charge in [-0.25, -0.2) is 4.79 Å². The number of rotatable bonds is 9. The molecule has 1 heterocycles. The molecule has 0 fully saturated rings. The van der Waals surface area contributed by atoms with Crippen molar-refractivity contribution in [1.29, 1.82) is 0 Å². The van der Waals surface area contributed by atoms with E-state index in [1.165, 1.54) is 11.8 Å². The highest BCUT2D eigenvalue weighted by Crippen LogP contribution is 2.27. The number of hydrogen-bond donors (Lipinski definition) is 1. The fourth-order valence-electron chi connectivity index (χ4n) is 2.31. The average molecular weight is 401 g/mol. The molecule has 0 saturated carbocycles. The van der Waals surface area contributed by atoms with Gasteiger partial charge in [0.1, 0.15) is 11.6 Å². The lowest BCUT2D eigenvalue weighted by Gasteiger charge is -2.24. The van der Waals surface area contributed by atoms with Gasteiger partial charge < -0.3 is 19.4 Å². The Kier molecular flexibility index (Phi) is 9.08. The molecule has 2 amide bonds. The van der Waals surface area contributed by atoms with Gasteiger partial charge in [0.25, 0.3) is 5.22 Å². The Hall–Kier alpha value is -1.77. The van der Waals surface area contributed by atoms with Gasteiger partial charge >= 0.3 is 6.09 Å². The van der Waals surface area contributed by atoms with Gasteiger partial charge in [0.15, 0.2) is 0 Å². The molecular formula is C18H32N4O4S. The van der Waals surface area contributed by atoms with Gasteiger partial charge in [-0.15, -0.1) is 10.2 Å². The van der Waals surface area contributed by atoms with E-state index >= 15 is 0 Å². The Labute approximate surface area is 165 Å². The molecule has 1 rings (SSSR count). The fraction of sp³-hybridized carbons (Fsp3) is 0.778. The first-order chi connectivity index (χ1) is 12.6. The minimum absolute atomic E-state index is 0.0232. The van der Waals surface area contributed by atoms with Crippen molar-refractivity contribution in [1.82, 2.24) is 20.4 Å². The third-order valence-electron chi connectivity index (χ3n) is 4.01. The summed E-state index contributed by atoms with van der Waals surface area (Å²) in [6.45, 7) is 14.6. The third-order valence-corrected chi connectivity index (χ3v) is 4.81. The minimum atomic E-state index is -0.593. The number of amides is 2. The Morgan fingerprint density at radius 1 is 1.22 bits per heavy atom. The molecule has 0 radical (unpaired) electrons. The van der Waals surface area contributed by atoms with Crippen LogP contribution in [0.2, 0.25) is 0 Å². The molecule has 1 N–H and O–H groups in total. The second-order valence-electron chi connectivity index (χ2n) is 7.27. The summed E-state index contributed by atoms with van der Waals surface area (Å²) in [4.78, 5) is 26.0. The monoisotopic (exact) mass is 400 g/mol. The quantitative estimate of drug-likeness (QED) is 0.632. The largest absolute Gasteiger partial charge is 0.444 e. The number of carbonyl (C=O) groups excluding carboxylic acids is 2. The average Bonchev–Trinajstić information content (AvgIpc) is 3.05. The zero-order valence-corrected chi connectivity index (χ0v) is 18.2. The first-order valence-corrected chi connectivity index (χ1v) is 10.3. The highest BCUT2D eigenvalue weighted by Gasteiger charge is 2.28. The molecule has 27 heavy (non-hydrogen) atoms. The predicted octanol–water partition coefficient (Wildman–Crippen LogP) is 3.64. The van der Waals surface area contributed by atoms with Gasteiger partial charge in [-0.05, 0) is 40.5 Å². The van der Waals surface area contributed by atoms with Gasteiger partial charge in [0.2, 0.25) is 11.8 Å². The van der Waals surface area contributed by atoms with Gasteiger partial charge in [-0.3, -0.25) is 4.79 Å². The fourth-order valence-corrected chi connectivity index (χ4v) is 2.99. The minimum Gasteiger partial charge on any atom is -0.444 e. The number of ether oxygens (including phenoxy) is 1. The lowest BCUT2D eigenvalue weighted by Crippen LogP contribution is -2.37. The van der Waals surface area contributed by atoms with Crippen molar-refractivity contribution in [2.75, 3.05) is 18.8 Å². The van der Waals surface area contributed by atoms with E-state index in [-0.39, 0.29) is 17.6 Å². The molecule has 0 aliphatic rings. The summed E-state index contributed by atoms with van der Waals surface area (Å²) in [5, 5.41) is 11.2. The van der Waals surface area contributed by atoms with Crippen LogP contribution in [0.5, 0.6) is 0 Å². The zero-order chi connectivity index (χ0) is 20.6. The van der Waals surface area contributed by atoms with E-state index < -0.39 is 17.7 Å². The van der Waals surface area contributed by atoms with Crippen molar-refractivity contribution in [3.8, 4) is 0 Å². The number of nitrogens with one attached hydrogen (secondary N) is 1. The van der Waals surface area contributed by atoms with Crippen LogP contribution in [0, 0.1) is 5.92 Å². The summed E-state index contributed by atoms with van der Waals surface area (Å²) in [7, 11) is 0. The van der Waals surface area contributed by atoms with E-state index in [1.807, 2.05) is 27.7 Å². The second kappa shape index (κ2) is 10.5. The Morgan fingerprint density at radius 3 is 2.37 bits per heavy atom. The van der Waals surface area contributed by atoms with Crippen molar-refractivity contribution in [2.45, 2.75) is 71.8 Å². The van der Waals surface area contributed by atoms with E-state index in [0.717, 1.165) is 6.42 Å². The maximum absolute atomic E-state index is 12.1.